The van der Waals surface area contributed by atoms with E-state index in [-0.39, 0.29) is 36.3 Å². The predicted molar refractivity (Wildman–Crippen MR) is 119 cm³/mol. The first kappa shape index (κ1) is 27.7. The number of nitrogens with zero attached hydrogens (tertiary/aromatic N) is 3. The minimum Gasteiger partial charge on any atom is -0.412 e. The van der Waals surface area contributed by atoms with Crippen LogP contribution in [0.4, 0.5) is 17.5 Å². The molecule has 0 bridgehead atoms. The van der Waals surface area contributed by atoms with Crippen molar-refractivity contribution in [1.82, 2.24) is 9.97 Å². The van der Waals surface area contributed by atoms with Crippen molar-refractivity contribution in [1.29, 1.82) is 5.26 Å². The van der Waals surface area contributed by atoms with E-state index in [4.69, 9.17) is 11.0 Å². The van der Waals surface area contributed by atoms with Gasteiger partial charge in [0.05, 0.1) is 29.4 Å². The monoisotopic (exact) mass is 424 g/mol. The van der Waals surface area contributed by atoms with Crippen LogP contribution in [0.25, 0.3) is 0 Å². The second-order valence-corrected chi connectivity index (χ2v) is 5.48. The second kappa shape index (κ2) is 14.5. The zero-order valence-electron chi connectivity index (χ0n) is 15.8. The number of anilines is 3. The second-order valence-electron chi connectivity index (χ2n) is 5.48. The standard InChI is InChI=1S/C19H22N6.2ClH.H2O/c1-3-11-22-18-15(7-8-16(21)4-2)13-23-19(25-18)24-17-9-5-14(12-20)6-10-17;;;/h5-6,9-10,13,16H,3-4,11,21H2,1-2H3,(H2,22,23,24,25);2*1H;1H2/t16-;;;/m0.../s1. The summed E-state index contributed by atoms with van der Waals surface area (Å²) in [5.41, 5.74) is 8.00. The minimum absolute atomic E-state index is 0. The molecule has 0 spiro atoms. The molecule has 0 aliphatic heterocycles. The van der Waals surface area contributed by atoms with Gasteiger partial charge in [-0.3, -0.25) is 0 Å². The van der Waals surface area contributed by atoms with Crippen molar-refractivity contribution in [3.63, 3.8) is 0 Å². The van der Waals surface area contributed by atoms with Gasteiger partial charge in [0.15, 0.2) is 0 Å². The van der Waals surface area contributed by atoms with Crippen LogP contribution in [0.3, 0.4) is 0 Å². The van der Waals surface area contributed by atoms with E-state index in [1.807, 2.05) is 19.1 Å². The molecule has 0 radical (unpaired) electrons. The highest BCUT2D eigenvalue weighted by atomic mass is 35.5. The van der Waals surface area contributed by atoms with Crippen LogP contribution in [0.2, 0.25) is 0 Å². The predicted octanol–water partition coefficient (Wildman–Crippen LogP) is 3.02. The highest BCUT2D eigenvalue weighted by Gasteiger charge is 2.06. The molecule has 28 heavy (non-hydrogen) atoms. The maximum atomic E-state index is 8.85. The van der Waals surface area contributed by atoms with Crippen LogP contribution in [-0.4, -0.2) is 28.0 Å². The molecule has 1 aromatic carbocycles. The summed E-state index contributed by atoms with van der Waals surface area (Å²) in [6, 6.07) is 9.04. The quantitative estimate of drug-likeness (QED) is 0.610. The number of nitriles is 1. The number of hydrogen-bond donors (Lipinski definition) is 3. The van der Waals surface area contributed by atoms with Crippen molar-refractivity contribution >= 4 is 42.3 Å². The lowest BCUT2D eigenvalue weighted by atomic mass is 10.2. The van der Waals surface area contributed by atoms with Gasteiger partial charge in [-0.25, -0.2) is 4.98 Å². The summed E-state index contributed by atoms with van der Waals surface area (Å²) in [7, 11) is 0. The molecule has 7 nitrogen and oxygen atoms in total. The van der Waals surface area contributed by atoms with Crippen LogP contribution in [0.1, 0.15) is 37.8 Å². The van der Waals surface area contributed by atoms with Gasteiger partial charge >= 0.3 is 0 Å². The Morgan fingerprint density at radius 2 is 1.86 bits per heavy atom. The lowest BCUT2D eigenvalue weighted by molar-refractivity contribution is 0.806. The highest BCUT2D eigenvalue weighted by Crippen LogP contribution is 2.17. The van der Waals surface area contributed by atoms with Crippen LogP contribution in [0.15, 0.2) is 30.5 Å². The first-order chi connectivity index (χ1) is 12.2. The lowest BCUT2D eigenvalue weighted by Crippen LogP contribution is -2.15. The molecule has 0 amide bonds. The summed E-state index contributed by atoms with van der Waals surface area (Å²) < 4.78 is 0. The van der Waals surface area contributed by atoms with Crippen molar-refractivity contribution in [2.75, 3.05) is 17.2 Å². The Labute approximate surface area is 178 Å². The van der Waals surface area contributed by atoms with E-state index in [0.717, 1.165) is 30.6 Å². The fourth-order valence-corrected chi connectivity index (χ4v) is 1.94. The number of hydrogen-bond acceptors (Lipinski definition) is 6. The average molecular weight is 425 g/mol. The van der Waals surface area contributed by atoms with Gasteiger partial charge in [0, 0.05) is 12.2 Å². The van der Waals surface area contributed by atoms with E-state index >= 15 is 0 Å². The summed E-state index contributed by atoms with van der Waals surface area (Å²) in [6.45, 7) is 4.88. The summed E-state index contributed by atoms with van der Waals surface area (Å²) >= 11 is 0. The van der Waals surface area contributed by atoms with Crippen molar-refractivity contribution < 1.29 is 5.48 Å². The van der Waals surface area contributed by atoms with Gasteiger partial charge in [0.25, 0.3) is 0 Å². The number of aromatic nitrogens is 2. The molecule has 1 atom stereocenters. The first-order valence-corrected chi connectivity index (χ1v) is 8.31. The Kier molecular flexibility index (Phi) is 14.3. The topological polar surface area (TPSA) is 131 Å². The molecule has 9 heteroatoms. The third-order valence-electron chi connectivity index (χ3n) is 3.43. The Balaban J connectivity index is 0. The fraction of sp³-hybridized carbons (Fsp3) is 0.316. The zero-order valence-corrected chi connectivity index (χ0v) is 17.5. The number of halogens is 2. The Bertz CT molecular complexity index is 812. The number of nitrogens with one attached hydrogen (secondary N) is 2. The number of benzene rings is 1. The van der Waals surface area contributed by atoms with E-state index in [0.29, 0.717) is 17.3 Å². The molecule has 1 aromatic heterocycles. The third kappa shape index (κ3) is 8.43. The third-order valence-corrected chi connectivity index (χ3v) is 3.43. The first-order valence-electron chi connectivity index (χ1n) is 8.31. The van der Waals surface area contributed by atoms with Crippen LogP contribution >= 0.6 is 24.8 Å². The Hall–Kier alpha value is -2.55. The maximum absolute atomic E-state index is 8.85. The highest BCUT2D eigenvalue weighted by molar-refractivity contribution is 5.85. The number of nitrogens with two attached hydrogens (primary N) is 1. The van der Waals surface area contributed by atoms with E-state index in [2.05, 4.69) is 45.4 Å². The van der Waals surface area contributed by atoms with Crippen molar-refractivity contribution in [3.8, 4) is 17.9 Å². The van der Waals surface area contributed by atoms with Crippen LogP contribution in [0, 0.1) is 23.2 Å². The minimum atomic E-state index is -0.157. The van der Waals surface area contributed by atoms with E-state index < -0.39 is 0 Å². The van der Waals surface area contributed by atoms with E-state index in [9.17, 15) is 0 Å². The molecule has 152 valence electrons. The molecule has 0 unspecified atom stereocenters. The molecule has 0 saturated heterocycles. The normalized spacial score (nSPS) is 9.79. The molecule has 0 aliphatic rings. The molecule has 2 rings (SSSR count). The Morgan fingerprint density at radius 1 is 1.18 bits per heavy atom. The molecule has 1 heterocycles. The van der Waals surface area contributed by atoms with Gasteiger partial charge < -0.3 is 21.8 Å². The average Bonchev–Trinajstić information content (AvgIpc) is 2.65. The molecular formula is C19H26Cl2N6O. The molecular weight excluding hydrogens is 399 g/mol. The molecule has 2 aromatic rings. The van der Waals surface area contributed by atoms with Crippen molar-refractivity contribution in [2.24, 2.45) is 5.73 Å². The lowest BCUT2D eigenvalue weighted by Gasteiger charge is -2.10. The van der Waals surface area contributed by atoms with Gasteiger partial charge in [-0.05, 0) is 37.1 Å². The van der Waals surface area contributed by atoms with Gasteiger partial charge in [-0.15, -0.1) is 24.8 Å². The summed E-state index contributed by atoms with van der Waals surface area (Å²) in [5, 5.41) is 15.3. The SMILES string of the molecule is CCCNc1nc(Nc2ccc(C#N)cc2)ncc1C#C[C@@H](N)CC.Cl.Cl.O. The number of rotatable bonds is 6. The molecule has 0 aliphatic carbocycles. The van der Waals surface area contributed by atoms with E-state index in [1.54, 1.807) is 18.3 Å². The van der Waals surface area contributed by atoms with Gasteiger partial charge in [0.1, 0.15) is 5.82 Å². The largest absolute Gasteiger partial charge is 0.412 e. The summed E-state index contributed by atoms with van der Waals surface area (Å²) in [6.07, 6.45) is 3.46. The summed E-state index contributed by atoms with van der Waals surface area (Å²) in [4.78, 5) is 8.83. The van der Waals surface area contributed by atoms with Gasteiger partial charge in [-0.2, -0.15) is 10.2 Å². The molecule has 6 N–H and O–H groups in total. The fourth-order valence-electron chi connectivity index (χ4n) is 1.94. The van der Waals surface area contributed by atoms with E-state index in [1.165, 1.54) is 0 Å². The molecule has 0 saturated carbocycles. The Morgan fingerprint density at radius 3 is 2.43 bits per heavy atom. The molecule has 0 fully saturated rings. The van der Waals surface area contributed by atoms with Crippen molar-refractivity contribution in [2.45, 2.75) is 32.7 Å². The van der Waals surface area contributed by atoms with Crippen LogP contribution < -0.4 is 16.4 Å². The van der Waals surface area contributed by atoms with Crippen LogP contribution in [-0.2, 0) is 0 Å². The maximum Gasteiger partial charge on any atom is 0.229 e. The van der Waals surface area contributed by atoms with Crippen molar-refractivity contribution in [3.05, 3.63) is 41.6 Å². The van der Waals surface area contributed by atoms with Gasteiger partial charge in [0.2, 0.25) is 5.95 Å². The van der Waals surface area contributed by atoms with Crippen LogP contribution in [0.5, 0.6) is 0 Å². The smallest absolute Gasteiger partial charge is 0.229 e. The van der Waals surface area contributed by atoms with Gasteiger partial charge in [-0.1, -0.05) is 25.7 Å². The summed E-state index contributed by atoms with van der Waals surface area (Å²) in [5.74, 6) is 7.21. The zero-order chi connectivity index (χ0) is 18.1.